The normalized spacial score (nSPS) is 23.2. The second-order valence-corrected chi connectivity index (χ2v) is 9.60. The van der Waals surface area contributed by atoms with E-state index in [1.807, 2.05) is 0 Å². The number of halogens is 3. The van der Waals surface area contributed by atoms with E-state index in [4.69, 9.17) is 9.47 Å². The first-order chi connectivity index (χ1) is 14.4. The number of carbonyl (C=O) groups excluding carboxylic acids is 1. The smallest absolute Gasteiger partial charge is 0.416 e. The van der Waals surface area contributed by atoms with Crippen LogP contribution >= 0.6 is 0 Å². The maximum absolute atomic E-state index is 13.9. The summed E-state index contributed by atoms with van der Waals surface area (Å²) >= 11 is 0. The number of nitrogens with zero attached hydrogens (tertiary/aromatic N) is 1. The summed E-state index contributed by atoms with van der Waals surface area (Å²) in [6.07, 6.45) is -1.02. The zero-order valence-corrected chi connectivity index (χ0v) is 18.7. The molecule has 1 aliphatic carbocycles. The van der Waals surface area contributed by atoms with Crippen LogP contribution in [0.5, 0.6) is 0 Å². The molecule has 1 saturated carbocycles. The summed E-state index contributed by atoms with van der Waals surface area (Å²) in [4.78, 5) is 14.3. The molecule has 1 amide bonds. The summed E-state index contributed by atoms with van der Waals surface area (Å²) in [6.45, 7) is 6.59. The molecule has 2 fully saturated rings. The summed E-state index contributed by atoms with van der Waals surface area (Å²) in [5, 5.41) is 2.42. The highest BCUT2D eigenvalue weighted by molar-refractivity contribution is 5.85. The average Bonchev–Trinajstić information content (AvgIpc) is 3.16. The van der Waals surface area contributed by atoms with E-state index in [1.54, 1.807) is 20.8 Å². The summed E-state index contributed by atoms with van der Waals surface area (Å²) in [5.41, 5.74) is -1.02. The Kier molecular flexibility index (Phi) is 7.21. The Morgan fingerprint density at radius 1 is 1.10 bits per heavy atom. The molecule has 1 aromatic carbocycles. The highest BCUT2D eigenvalue weighted by Gasteiger charge is 2.39. The number of anilines is 1. The van der Waals surface area contributed by atoms with Crippen LogP contribution in [0, 0.1) is 0 Å². The molecular formula is C23H33F3N2O3. The number of hydrogen-bond donors (Lipinski definition) is 1. The fraction of sp³-hybridized carbons (Fsp3) is 0.696. The van der Waals surface area contributed by atoms with Crippen LogP contribution in [0.25, 0.3) is 0 Å². The Morgan fingerprint density at radius 2 is 1.77 bits per heavy atom. The second kappa shape index (κ2) is 9.36. The molecule has 2 unspecified atom stereocenters. The standard InChI is InChI=1S/C23H33F3N2O3/c1-22(2,3)31-21(29)27-16-6-8-19(20(14-16)23(24,25)26)15-5-7-18(13-15)28(4)17-9-11-30-12-10-17/h6,8,14-15,17-18H,5,7,9-13H2,1-4H3,(H,27,29). The van der Waals surface area contributed by atoms with Crippen LogP contribution < -0.4 is 5.32 Å². The Labute approximate surface area is 182 Å². The van der Waals surface area contributed by atoms with Gasteiger partial charge in [-0.2, -0.15) is 13.2 Å². The van der Waals surface area contributed by atoms with Crippen molar-refractivity contribution in [3.63, 3.8) is 0 Å². The zero-order valence-electron chi connectivity index (χ0n) is 18.7. The lowest BCUT2D eigenvalue weighted by Crippen LogP contribution is -2.42. The van der Waals surface area contributed by atoms with Crippen molar-refractivity contribution in [3.8, 4) is 0 Å². The van der Waals surface area contributed by atoms with Crippen molar-refractivity contribution in [1.82, 2.24) is 4.90 Å². The number of benzene rings is 1. The molecule has 1 N–H and O–H groups in total. The van der Waals surface area contributed by atoms with Crippen molar-refractivity contribution in [3.05, 3.63) is 29.3 Å². The minimum absolute atomic E-state index is 0.0826. The third kappa shape index (κ3) is 6.35. The molecule has 174 valence electrons. The molecule has 2 aliphatic rings. The number of alkyl halides is 3. The van der Waals surface area contributed by atoms with Gasteiger partial charge in [-0.3, -0.25) is 5.32 Å². The molecule has 1 heterocycles. The molecule has 0 bridgehead atoms. The predicted molar refractivity (Wildman–Crippen MR) is 113 cm³/mol. The van der Waals surface area contributed by atoms with Gasteiger partial charge in [0.15, 0.2) is 0 Å². The van der Waals surface area contributed by atoms with Crippen LogP contribution in [-0.4, -0.2) is 48.9 Å². The molecule has 31 heavy (non-hydrogen) atoms. The van der Waals surface area contributed by atoms with Crippen molar-refractivity contribution in [1.29, 1.82) is 0 Å². The molecule has 5 nitrogen and oxygen atoms in total. The summed E-state index contributed by atoms with van der Waals surface area (Å²) in [7, 11) is 2.08. The Morgan fingerprint density at radius 3 is 2.39 bits per heavy atom. The first-order valence-electron chi connectivity index (χ1n) is 10.9. The van der Waals surface area contributed by atoms with Gasteiger partial charge in [0.25, 0.3) is 0 Å². The molecule has 1 aliphatic heterocycles. The third-order valence-electron chi connectivity index (χ3n) is 6.19. The summed E-state index contributed by atoms with van der Waals surface area (Å²) in [6, 6.07) is 4.77. The Hall–Kier alpha value is -1.80. The molecule has 0 radical (unpaired) electrons. The quantitative estimate of drug-likeness (QED) is 0.640. The topological polar surface area (TPSA) is 50.8 Å². The second-order valence-electron chi connectivity index (χ2n) is 9.60. The molecule has 8 heteroatoms. The molecule has 1 saturated heterocycles. The average molecular weight is 443 g/mol. The first kappa shape index (κ1) is 23.9. The summed E-state index contributed by atoms with van der Waals surface area (Å²) < 4.78 is 52.2. The van der Waals surface area contributed by atoms with Crippen molar-refractivity contribution < 1.29 is 27.4 Å². The van der Waals surface area contributed by atoms with Gasteiger partial charge in [0.1, 0.15) is 5.60 Å². The molecule has 3 rings (SSSR count). The van der Waals surface area contributed by atoms with Crippen molar-refractivity contribution >= 4 is 11.8 Å². The van der Waals surface area contributed by atoms with Crippen LogP contribution in [0.3, 0.4) is 0 Å². The van der Waals surface area contributed by atoms with Gasteiger partial charge in [0.05, 0.1) is 5.56 Å². The van der Waals surface area contributed by atoms with E-state index >= 15 is 0 Å². The summed E-state index contributed by atoms with van der Waals surface area (Å²) in [5.74, 6) is -0.153. The van der Waals surface area contributed by atoms with Gasteiger partial charge in [-0.05, 0) is 83.5 Å². The van der Waals surface area contributed by atoms with E-state index in [-0.39, 0.29) is 17.6 Å². The molecular weight excluding hydrogens is 409 g/mol. The van der Waals surface area contributed by atoms with E-state index < -0.39 is 23.4 Å². The van der Waals surface area contributed by atoms with Crippen molar-refractivity contribution in [2.45, 2.75) is 82.7 Å². The van der Waals surface area contributed by atoms with Gasteiger partial charge >= 0.3 is 12.3 Å². The van der Waals surface area contributed by atoms with Gasteiger partial charge in [-0.15, -0.1) is 0 Å². The lowest BCUT2D eigenvalue weighted by Gasteiger charge is -2.35. The fourth-order valence-electron chi connectivity index (χ4n) is 4.66. The number of nitrogens with one attached hydrogen (secondary N) is 1. The molecule has 1 aromatic rings. The van der Waals surface area contributed by atoms with E-state index in [0.717, 1.165) is 45.0 Å². The number of rotatable bonds is 4. The number of amides is 1. The third-order valence-corrected chi connectivity index (χ3v) is 6.19. The molecule has 0 spiro atoms. The van der Waals surface area contributed by atoms with E-state index in [2.05, 4.69) is 17.3 Å². The van der Waals surface area contributed by atoms with E-state index in [1.165, 1.54) is 12.1 Å². The SMILES string of the molecule is CN(C1CCOCC1)C1CCC(c2ccc(NC(=O)OC(C)(C)C)cc2C(F)(F)F)C1. The minimum atomic E-state index is -4.49. The van der Waals surface area contributed by atoms with Gasteiger partial charge < -0.3 is 14.4 Å². The molecule has 0 aromatic heterocycles. The van der Waals surface area contributed by atoms with Gasteiger partial charge in [0, 0.05) is 31.0 Å². The Balaban J connectivity index is 1.74. The highest BCUT2D eigenvalue weighted by Crippen LogP contribution is 2.44. The van der Waals surface area contributed by atoms with Crippen LogP contribution in [0.2, 0.25) is 0 Å². The number of ether oxygens (including phenoxy) is 2. The van der Waals surface area contributed by atoms with Crippen molar-refractivity contribution in [2.75, 3.05) is 25.6 Å². The van der Waals surface area contributed by atoms with E-state index in [9.17, 15) is 18.0 Å². The predicted octanol–water partition coefficient (Wildman–Crippen LogP) is 5.80. The lowest BCUT2D eigenvalue weighted by molar-refractivity contribution is -0.138. The van der Waals surface area contributed by atoms with Gasteiger partial charge in [-0.1, -0.05) is 6.07 Å². The monoisotopic (exact) mass is 442 g/mol. The zero-order chi connectivity index (χ0) is 22.8. The van der Waals surface area contributed by atoms with Crippen LogP contribution in [0.15, 0.2) is 18.2 Å². The highest BCUT2D eigenvalue weighted by atomic mass is 19.4. The number of hydrogen-bond acceptors (Lipinski definition) is 4. The van der Waals surface area contributed by atoms with Crippen LogP contribution in [0.4, 0.5) is 23.7 Å². The maximum atomic E-state index is 13.9. The van der Waals surface area contributed by atoms with Gasteiger partial charge in [-0.25, -0.2) is 4.79 Å². The van der Waals surface area contributed by atoms with E-state index in [0.29, 0.717) is 18.0 Å². The number of carbonyl (C=O) groups is 1. The largest absolute Gasteiger partial charge is 0.444 e. The van der Waals surface area contributed by atoms with Gasteiger partial charge in [0.2, 0.25) is 0 Å². The first-order valence-corrected chi connectivity index (χ1v) is 10.9. The Bertz CT molecular complexity index is 770. The van der Waals surface area contributed by atoms with Crippen LogP contribution in [-0.2, 0) is 15.7 Å². The fourth-order valence-corrected chi connectivity index (χ4v) is 4.66. The minimum Gasteiger partial charge on any atom is -0.444 e. The van der Waals surface area contributed by atoms with Crippen LogP contribution in [0.1, 0.15) is 69.9 Å². The molecule has 2 atom stereocenters. The lowest BCUT2D eigenvalue weighted by atomic mass is 9.91. The maximum Gasteiger partial charge on any atom is 0.416 e. The van der Waals surface area contributed by atoms with Crippen molar-refractivity contribution in [2.24, 2.45) is 0 Å².